The highest BCUT2D eigenvalue weighted by Crippen LogP contribution is 2.34. The van der Waals surface area contributed by atoms with Crippen molar-refractivity contribution in [2.45, 2.75) is 40.2 Å². The fourth-order valence-electron chi connectivity index (χ4n) is 4.33. The maximum atomic E-state index is 13.4. The van der Waals surface area contributed by atoms with Gasteiger partial charge in [-0.05, 0) is 62.6 Å². The molecule has 4 aromatic rings. The number of hydrogen-bond donors (Lipinski definition) is 1. The lowest BCUT2D eigenvalue weighted by Crippen LogP contribution is -2.43. The lowest BCUT2D eigenvalue weighted by molar-refractivity contribution is -0.135. The first-order valence-corrected chi connectivity index (χ1v) is 12.3. The fourth-order valence-corrected chi connectivity index (χ4v) is 4.33. The first-order chi connectivity index (χ1) is 17.7. The van der Waals surface area contributed by atoms with E-state index in [1.165, 1.54) is 17.0 Å². The molecular weight excluding hydrogens is 467 g/mol. The SMILES string of the molecule is Cc1ccccc1-n1nc(C)c(-c2ccccc2)c1NC(=O)CN(C(=O)Cc1ccc(F)cc1)C(C)C. The van der Waals surface area contributed by atoms with Crippen LogP contribution in [0.5, 0.6) is 0 Å². The Labute approximate surface area is 216 Å². The number of nitrogens with zero attached hydrogens (tertiary/aromatic N) is 3. The second-order valence-corrected chi connectivity index (χ2v) is 9.34. The van der Waals surface area contributed by atoms with Crippen molar-refractivity contribution in [1.82, 2.24) is 14.7 Å². The molecule has 1 aromatic heterocycles. The molecular formula is C30H31FN4O2. The molecule has 6 nitrogen and oxygen atoms in total. The molecule has 0 spiro atoms. The van der Waals surface area contributed by atoms with Gasteiger partial charge in [0.2, 0.25) is 11.8 Å². The molecule has 0 aliphatic carbocycles. The Morgan fingerprint density at radius 2 is 1.59 bits per heavy atom. The summed E-state index contributed by atoms with van der Waals surface area (Å²) in [5, 5.41) is 7.83. The van der Waals surface area contributed by atoms with Crippen molar-refractivity contribution in [3.8, 4) is 16.8 Å². The molecule has 0 saturated heterocycles. The summed E-state index contributed by atoms with van der Waals surface area (Å²) < 4.78 is 15.0. The Bertz CT molecular complexity index is 1400. The zero-order chi connectivity index (χ0) is 26.5. The molecule has 0 bridgehead atoms. The summed E-state index contributed by atoms with van der Waals surface area (Å²) in [6.07, 6.45) is 0.0846. The van der Waals surface area contributed by atoms with Crippen molar-refractivity contribution >= 4 is 17.6 Å². The number of aryl methyl sites for hydroxylation is 2. The molecule has 4 rings (SSSR count). The monoisotopic (exact) mass is 498 g/mol. The third-order valence-electron chi connectivity index (χ3n) is 6.25. The number of anilines is 1. The molecule has 0 aliphatic rings. The van der Waals surface area contributed by atoms with E-state index >= 15 is 0 Å². The summed E-state index contributed by atoms with van der Waals surface area (Å²) in [5.41, 5.74) is 5.10. The zero-order valence-electron chi connectivity index (χ0n) is 21.5. The molecule has 3 aromatic carbocycles. The number of para-hydroxylation sites is 1. The van der Waals surface area contributed by atoms with Crippen LogP contribution in [0.25, 0.3) is 16.8 Å². The van der Waals surface area contributed by atoms with E-state index in [4.69, 9.17) is 5.10 Å². The lowest BCUT2D eigenvalue weighted by atomic mass is 10.1. The van der Waals surface area contributed by atoms with E-state index in [1.54, 1.807) is 16.8 Å². The molecule has 0 radical (unpaired) electrons. The van der Waals surface area contributed by atoms with Gasteiger partial charge in [-0.15, -0.1) is 0 Å². The van der Waals surface area contributed by atoms with Gasteiger partial charge in [0.05, 0.1) is 17.8 Å². The number of rotatable bonds is 8. The summed E-state index contributed by atoms with van der Waals surface area (Å²) >= 11 is 0. The van der Waals surface area contributed by atoms with Crippen LogP contribution in [0.2, 0.25) is 0 Å². The minimum absolute atomic E-state index is 0.0846. The second kappa shape index (κ2) is 11.2. The number of carbonyl (C=O) groups excluding carboxylic acids is 2. The van der Waals surface area contributed by atoms with E-state index in [1.807, 2.05) is 82.3 Å². The number of aromatic nitrogens is 2. The molecule has 1 heterocycles. The summed E-state index contributed by atoms with van der Waals surface area (Å²) in [7, 11) is 0. The van der Waals surface area contributed by atoms with Crippen LogP contribution in [0.3, 0.4) is 0 Å². The highest BCUT2D eigenvalue weighted by molar-refractivity contribution is 5.98. The molecule has 7 heteroatoms. The topological polar surface area (TPSA) is 67.2 Å². The molecule has 0 atom stereocenters. The third-order valence-corrected chi connectivity index (χ3v) is 6.25. The van der Waals surface area contributed by atoms with Gasteiger partial charge in [-0.25, -0.2) is 9.07 Å². The van der Waals surface area contributed by atoms with Gasteiger partial charge in [0.15, 0.2) is 0 Å². The Morgan fingerprint density at radius 1 is 0.946 bits per heavy atom. The number of amides is 2. The molecule has 0 fully saturated rings. The number of benzene rings is 3. The van der Waals surface area contributed by atoms with E-state index < -0.39 is 0 Å². The Hall–Kier alpha value is -4.26. The highest BCUT2D eigenvalue weighted by atomic mass is 19.1. The normalized spacial score (nSPS) is 11.0. The minimum Gasteiger partial charge on any atom is -0.331 e. The minimum atomic E-state index is -0.355. The maximum absolute atomic E-state index is 13.4. The van der Waals surface area contributed by atoms with Crippen LogP contribution >= 0.6 is 0 Å². The van der Waals surface area contributed by atoms with E-state index in [-0.39, 0.29) is 36.6 Å². The standard InChI is InChI=1S/C30H31FN4O2/c1-20(2)34(28(37)18-23-14-16-25(31)17-15-23)19-27(36)32-30-29(24-11-6-5-7-12-24)22(4)33-35(30)26-13-9-8-10-21(26)3/h5-17,20H,18-19H2,1-4H3,(H,32,36). The van der Waals surface area contributed by atoms with Crippen LogP contribution in [0.1, 0.15) is 30.7 Å². The molecule has 1 N–H and O–H groups in total. The number of nitrogens with one attached hydrogen (secondary N) is 1. The summed E-state index contributed by atoms with van der Waals surface area (Å²) in [6.45, 7) is 7.53. The number of hydrogen-bond acceptors (Lipinski definition) is 3. The van der Waals surface area contributed by atoms with Crippen molar-refractivity contribution in [3.05, 3.63) is 102 Å². The van der Waals surface area contributed by atoms with Gasteiger partial charge in [-0.3, -0.25) is 9.59 Å². The predicted molar refractivity (Wildman–Crippen MR) is 144 cm³/mol. The van der Waals surface area contributed by atoms with Gasteiger partial charge in [0.1, 0.15) is 18.2 Å². The average Bonchev–Trinajstić information content (AvgIpc) is 3.19. The van der Waals surface area contributed by atoms with Gasteiger partial charge in [0, 0.05) is 11.6 Å². The van der Waals surface area contributed by atoms with Crippen LogP contribution in [-0.2, 0) is 16.0 Å². The summed E-state index contributed by atoms with van der Waals surface area (Å²) in [5.74, 6) is -0.333. The van der Waals surface area contributed by atoms with Crippen LogP contribution in [0, 0.1) is 19.7 Å². The first-order valence-electron chi connectivity index (χ1n) is 12.3. The fraction of sp³-hybridized carbons (Fsp3) is 0.233. The second-order valence-electron chi connectivity index (χ2n) is 9.34. The van der Waals surface area contributed by atoms with E-state index in [0.717, 1.165) is 28.1 Å². The Morgan fingerprint density at radius 3 is 2.24 bits per heavy atom. The van der Waals surface area contributed by atoms with Gasteiger partial charge in [-0.1, -0.05) is 60.7 Å². The number of halogens is 1. The van der Waals surface area contributed by atoms with Crippen molar-refractivity contribution in [2.75, 3.05) is 11.9 Å². The average molecular weight is 499 g/mol. The lowest BCUT2D eigenvalue weighted by Gasteiger charge is -2.26. The molecule has 190 valence electrons. The molecule has 0 aliphatic heterocycles. The molecule has 37 heavy (non-hydrogen) atoms. The van der Waals surface area contributed by atoms with Crippen LogP contribution < -0.4 is 5.32 Å². The van der Waals surface area contributed by atoms with Crippen molar-refractivity contribution < 1.29 is 14.0 Å². The van der Waals surface area contributed by atoms with Crippen LogP contribution in [-0.4, -0.2) is 39.1 Å². The summed E-state index contributed by atoms with van der Waals surface area (Å²) in [6, 6.07) is 23.3. The van der Waals surface area contributed by atoms with Crippen molar-refractivity contribution in [3.63, 3.8) is 0 Å². The molecule has 2 amide bonds. The van der Waals surface area contributed by atoms with Crippen LogP contribution in [0.15, 0.2) is 78.9 Å². The Balaban J connectivity index is 1.64. The van der Waals surface area contributed by atoms with Gasteiger partial charge in [0.25, 0.3) is 0 Å². The van der Waals surface area contributed by atoms with E-state index in [9.17, 15) is 14.0 Å². The molecule has 0 saturated carbocycles. The van der Waals surface area contributed by atoms with Crippen LogP contribution in [0.4, 0.5) is 10.2 Å². The van der Waals surface area contributed by atoms with Gasteiger partial charge < -0.3 is 10.2 Å². The quantitative estimate of drug-likeness (QED) is 0.338. The summed E-state index contributed by atoms with van der Waals surface area (Å²) in [4.78, 5) is 28.0. The zero-order valence-corrected chi connectivity index (χ0v) is 21.5. The predicted octanol–water partition coefficient (Wildman–Crippen LogP) is 5.71. The van der Waals surface area contributed by atoms with Crippen molar-refractivity contribution in [1.29, 1.82) is 0 Å². The van der Waals surface area contributed by atoms with Gasteiger partial charge in [-0.2, -0.15) is 5.10 Å². The third kappa shape index (κ3) is 5.94. The van der Waals surface area contributed by atoms with E-state index in [2.05, 4.69) is 5.32 Å². The molecule has 0 unspecified atom stereocenters. The highest BCUT2D eigenvalue weighted by Gasteiger charge is 2.24. The van der Waals surface area contributed by atoms with Crippen molar-refractivity contribution in [2.24, 2.45) is 0 Å². The number of carbonyl (C=O) groups is 2. The Kier molecular flexibility index (Phi) is 7.82. The first kappa shape index (κ1) is 25.8. The maximum Gasteiger partial charge on any atom is 0.245 e. The van der Waals surface area contributed by atoms with E-state index in [0.29, 0.717) is 11.4 Å². The largest absolute Gasteiger partial charge is 0.331 e. The smallest absolute Gasteiger partial charge is 0.245 e. The van der Waals surface area contributed by atoms with Gasteiger partial charge >= 0.3 is 0 Å².